The Kier molecular flexibility index (Phi) is 4.91. The molecule has 1 aromatic carbocycles. The number of hydrogen-bond acceptors (Lipinski definition) is 1. The van der Waals surface area contributed by atoms with Gasteiger partial charge in [0, 0.05) is 0 Å². The van der Waals surface area contributed by atoms with Gasteiger partial charge in [0.2, 0.25) is 0 Å². The monoisotopic (exact) mass is 215 g/mol. The summed E-state index contributed by atoms with van der Waals surface area (Å²) >= 11 is 5.81. The molecule has 1 aromatic rings. The summed E-state index contributed by atoms with van der Waals surface area (Å²) in [5.74, 6) is -0.326. The molecule has 0 aromatic heterocycles. The lowest BCUT2D eigenvalue weighted by molar-refractivity contribution is 0.622. The van der Waals surface area contributed by atoms with Crippen LogP contribution in [0.3, 0.4) is 0 Å². The van der Waals surface area contributed by atoms with Crippen molar-refractivity contribution in [2.45, 2.75) is 19.8 Å². The second kappa shape index (κ2) is 5.99. The van der Waals surface area contributed by atoms with Gasteiger partial charge in [0.15, 0.2) is 0 Å². The first-order valence-electron chi connectivity index (χ1n) is 4.89. The van der Waals surface area contributed by atoms with Crippen molar-refractivity contribution in [2.24, 2.45) is 0 Å². The topological polar surface area (TPSA) is 12.0 Å². The van der Waals surface area contributed by atoms with Gasteiger partial charge in [0.1, 0.15) is 5.82 Å². The molecule has 0 atom stereocenters. The van der Waals surface area contributed by atoms with Crippen LogP contribution in [0.5, 0.6) is 0 Å². The average Bonchev–Trinajstić information content (AvgIpc) is 2.19. The van der Waals surface area contributed by atoms with Gasteiger partial charge < -0.3 is 5.32 Å². The Morgan fingerprint density at radius 2 is 2.21 bits per heavy atom. The second-order valence-corrected chi connectivity index (χ2v) is 3.55. The Morgan fingerprint density at radius 1 is 1.43 bits per heavy atom. The van der Waals surface area contributed by atoms with E-state index in [9.17, 15) is 4.39 Å². The van der Waals surface area contributed by atoms with Gasteiger partial charge in [-0.15, -0.1) is 0 Å². The first kappa shape index (κ1) is 11.5. The van der Waals surface area contributed by atoms with E-state index in [0.717, 1.165) is 31.5 Å². The molecule has 0 saturated carbocycles. The molecule has 0 radical (unpaired) electrons. The van der Waals surface area contributed by atoms with Crippen LogP contribution < -0.4 is 5.32 Å². The zero-order valence-corrected chi connectivity index (χ0v) is 9.07. The van der Waals surface area contributed by atoms with Crippen molar-refractivity contribution in [1.29, 1.82) is 0 Å². The molecular weight excluding hydrogens is 201 g/mol. The highest BCUT2D eigenvalue weighted by Crippen LogP contribution is 2.20. The fourth-order valence-corrected chi connectivity index (χ4v) is 1.54. The van der Waals surface area contributed by atoms with E-state index in [1.54, 1.807) is 6.07 Å². The minimum atomic E-state index is -0.326. The SMILES string of the molecule is CCNCCCc1cccc(F)c1Cl. The molecule has 14 heavy (non-hydrogen) atoms. The van der Waals surface area contributed by atoms with E-state index in [-0.39, 0.29) is 10.8 Å². The Balaban J connectivity index is 2.46. The molecule has 0 heterocycles. The predicted molar refractivity (Wildman–Crippen MR) is 58.3 cm³/mol. The van der Waals surface area contributed by atoms with Crippen molar-refractivity contribution in [3.05, 3.63) is 34.6 Å². The van der Waals surface area contributed by atoms with Gasteiger partial charge in [-0.1, -0.05) is 30.7 Å². The average molecular weight is 216 g/mol. The van der Waals surface area contributed by atoms with E-state index in [1.165, 1.54) is 6.07 Å². The van der Waals surface area contributed by atoms with Crippen LogP contribution in [0, 0.1) is 5.82 Å². The fourth-order valence-electron chi connectivity index (χ4n) is 1.32. The molecule has 0 unspecified atom stereocenters. The number of hydrogen-bond donors (Lipinski definition) is 1. The standard InChI is InChI=1S/C11H15ClFN/c1-2-14-8-4-6-9-5-3-7-10(13)11(9)12/h3,5,7,14H,2,4,6,8H2,1H3. The smallest absolute Gasteiger partial charge is 0.142 e. The van der Waals surface area contributed by atoms with Gasteiger partial charge in [-0.25, -0.2) is 4.39 Å². The molecule has 1 rings (SSSR count). The minimum absolute atomic E-state index is 0.268. The molecule has 3 heteroatoms. The number of nitrogens with one attached hydrogen (secondary N) is 1. The van der Waals surface area contributed by atoms with Gasteiger partial charge in [0.05, 0.1) is 5.02 Å². The highest BCUT2D eigenvalue weighted by Gasteiger charge is 2.04. The fraction of sp³-hybridized carbons (Fsp3) is 0.455. The second-order valence-electron chi connectivity index (χ2n) is 3.17. The van der Waals surface area contributed by atoms with Crippen molar-refractivity contribution in [2.75, 3.05) is 13.1 Å². The Hall–Kier alpha value is -0.600. The van der Waals surface area contributed by atoms with E-state index in [1.807, 2.05) is 6.07 Å². The Bertz CT molecular complexity index is 289. The summed E-state index contributed by atoms with van der Waals surface area (Å²) in [4.78, 5) is 0. The molecule has 0 aliphatic heterocycles. The quantitative estimate of drug-likeness (QED) is 0.745. The third kappa shape index (κ3) is 3.28. The molecule has 0 amide bonds. The Labute approximate surface area is 89.3 Å². The van der Waals surface area contributed by atoms with Crippen molar-refractivity contribution in [1.82, 2.24) is 5.32 Å². The maximum atomic E-state index is 13.0. The Morgan fingerprint density at radius 3 is 2.93 bits per heavy atom. The van der Waals surface area contributed by atoms with E-state index >= 15 is 0 Å². The molecule has 0 bridgehead atoms. The molecule has 0 spiro atoms. The zero-order valence-electron chi connectivity index (χ0n) is 8.32. The molecule has 0 saturated heterocycles. The van der Waals surface area contributed by atoms with Gasteiger partial charge >= 0.3 is 0 Å². The molecule has 1 N–H and O–H groups in total. The number of rotatable bonds is 5. The van der Waals surface area contributed by atoms with Crippen LogP contribution in [0.4, 0.5) is 4.39 Å². The molecular formula is C11H15ClFN. The van der Waals surface area contributed by atoms with Gasteiger partial charge in [-0.05, 0) is 37.6 Å². The summed E-state index contributed by atoms with van der Waals surface area (Å²) in [6.07, 6.45) is 1.81. The third-order valence-corrected chi connectivity index (χ3v) is 2.50. The first-order chi connectivity index (χ1) is 6.75. The molecule has 0 aliphatic rings. The van der Waals surface area contributed by atoms with E-state index in [0.29, 0.717) is 0 Å². The zero-order chi connectivity index (χ0) is 10.4. The summed E-state index contributed by atoms with van der Waals surface area (Å²) in [6, 6.07) is 4.96. The molecule has 0 fully saturated rings. The van der Waals surface area contributed by atoms with Crippen LogP contribution in [0.2, 0.25) is 5.02 Å². The highest BCUT2D eigenvalue weighted by molar-refractivity contribution is 6.31. The number of benzene rings is 1. The van der Waals surface area contributed by atoms with Crippen LogP contribution in [0.15, 0.2) is 18.2 Å². The normalized spacial score (nSPS) is 10.5. The van der Waals surface area contributed by atoms with E-state index in [2.05, 4.69) is 12.2 Å². The predicted octanol–water partition coefficient (Wildman–Crippen LogP) is 3.02. The number of halogens is 2. The lowest BCUT2D eigenvalue weighted by Gasteiger charge is -2.05. The van der Waals surface area contributed by atoms with E-state index < -0.39 is 0 Å². The highest BCUT2D eigenvalue weighted by atomic mass is 35.5. The third-order valence-electron chi connectivity index (χ3n) is 2.08. The van der Waals surface area contributed by atoms with Crippen molar-refractivity contribution in [3.63, 3.8) is 0 Å². The van der Waals surface area contributed by atoms with Crippen LogP contribution in [0.25, 0.3) is 0 Å². The van der Waals surface area contributed by atoms with Crippen molar-refractivity contribution < 1.29 is 4.39 Å². The summed E-state index contributed by atoms with van der Waals surface area (Å²) in [7, 11) is 0. The van der Waals surface area contributed by atoms with Crippen LogP contribution >= 0.6 is 11.6 Å². The molecule has 0 aliphatic carbocycles. The lowest BCUT2D eigenvalue weighted by Crippen LogP contribution is -2.14. The maximum absolute atomic E-state index is 13.0. The molecule has 1 nitrogen and oxygen atoms in total. The van der Waals surface area contributed by atoms with Crippen LogP contribution in [0.1, 0.15) is 18.9 Å². The van der Waals surface area contributed by atoms with E-state index in [4.69, 9.17) is 11.6 Å². The minimum Gasteiger partial charge on any atom is -0.317 e. The molecule has 78 valence electrons. The van der Waals surface area contributed by atoms with Crippen molar-refractivity contribution >= 4 is 11.6 Å². The number of aryl methyl sites for hydroxylation is 1. The summed E-state index contributed by atoms with van der Waals surface area (Å²) in [5, 5.41) is 3.48. The van der Waals surface area contributed by atoms with Gasteiger partial charge in [0.25, 0.3) is 0 Å². The summed E-state index contributed by atoms with van der Waals surface area (Å²) in [5.41, 5.74) is 0.893. The summed E-state index contributed by atoms with van der Waals surface area (Å²) < 4.78 is 13.0. The summed E-state index contributed by atoms with van der Waals surface area (Å²) in [6.45, 7) is 3.98. The largest absolute Gasteiger partial charge is 0.317 e. The van der Waals surface area contributed by atoms with Gasteiger partial charge in [-0.2, -0.15) is 0 Å². The first-order valence-corrected chi connectivity index (χ1v) is 5.27. The van der Waals surface area contributed by atoms with Crippen molar-refractivity contribution in [3.8, 4) is 0 Å². The lowest BCUT2D eigenvalue weighted by atomic mass is 10.1. The van der Waals surface area contributed by atoms with Crippen LogP contribution in [-0.2, 0) is 6.42 Å². The van der Waals surface area contributed by atoms with Crippen LogP contribution in [-0.4, -0.2) is 13.1 Å². The van der Waals surface area contributed by atoms with Gasteiger partial charge in [-0.3, -0.25) is 0 Å². The maximum Gasteiger partial charge on any atom is 0.142 e.